The number of fused-ring (bicyclic) bond motifs is 5. The maximum absolute atomic E-state index is 13.8. The van der Waals surface area contributed by atoms with Crippen LogP contribution in [0.1, 0.15) is 57.2 Å². The molecule has 0 radical (unpaired) electrons. The van der Waals surface area contributed by atoms with E-state index in [2.05, 4.69) is 58.4 Å². The van der Waals surface area contributed by atoms with Crippen molar-refractivity contribution in [2.75, 3.05) is 6.61 Å². The summed E-state index contributed by atoms with van der Waals surface area (Å²) in [5.74, 6) is -1.84. The van der Waals surface area contributed by atoms with Gasteiger partial charge >= 0.3 is 0 Å². The summed E-state index contributed by atoms with van der Waals surface area (Å²) in [6.07, 6.45) is 4.45. The SMILES string of the molecule is CC1C=C2[C@](O)(CC(COC(c3ccccc3)(c3ccccc3)c3ccccc3)=C[C@H]3[C@@H]4C(C)(C)N=N[C@]4(Br)C[C@@H](C)[C@]23O)C1=O. The van der Waals surface area contributed by atoms with Crippen molar-refractivity contribution < 1.29 is 19.7 Å². The van der Waals surface area contributed by atoms with Crippen LogP contribution < -0.4 is 0 Å². The van der Waals surface area contributed by atoms with Crippen molar-refractivity contribution in [1.29, 1.82) is 0 Å². The monoisotopic (exact) mass is 680 g/mol. The minimum Gasteiger partial charge on any atom is -0.384 e. The zero-order chi connectivity index (χ0) is 32.5. The minimum atomic E-state index is -1.84. The minimum absolute atomic E-state index is 0.0404. The maximum Gasteiger partial charge on any atom is 0.175 e. The van der Waals surface area contributed by atoms with Crippen LogP contribution in [0, 0.1) is 23.7 Å². The number of benzene rings is 3. The predicted octanol–water partition coefficient (Wildman–Crippen LogP) is 7.54. The highest BCUT2D eigenvalue weighted by Crippen LogP contribution is 2.64. The number of ketones is 1. The number of allylic oxidation sites excluding steroid dienone is 1. The van der Waals surface area contributed by atoms with Crippen molar-refractivity contribution in [3.63, 3.8) is 0 Å². The van der Waals surface area contributed by atoms with Crippen LogP contribution in [-0.2, 0) is 15.1 Å². The van der Waals surface area contributed by atoms with Crippen LogP contribution in [-0.4, -0.2) is 43.8 Å². The molecule has 3 aromatic rings. The predicted molar refractivity (Wildman–Crippen MR) is 181 cm³/mol. The van der Waals surface area contributed by atoms with Crippen molar-refractivity contribution in [2.45, 2.75) is 67.3 Å². The number of Topliss-reactive ketones (excluding diaryl/α,β-unsaturated/α-hetero) is 1. The highest BCUT2D eigenvalue weighted by molar-refractivity contribution is 9.10. The van der Waals surface area contributed by atoms with Crippen LogP contribution in [0.2, 0.25) is 0 Å². The third kappa shape index (κ3) is 4.50. The summed E-state index contributed by atoms with van der Waals surface area (Å²) in [5, 5.41) is 34.7. The summed E-state index contributed by atoms with van der Waals surface area (Å²) in [6, 6.07) is 30.5. The molecule has 0 aromatic heterocycles. The van der Waals surface area contributed by atoms with Crippen molar-refractivity contribution in [2.24, 2.45) is 33.9 Å². The number of rotatable bonds is 6. The molecule has 4 aliphatic rings. The van der Waals surface area contributed by atoms with Gasteiger partial charge in [0.25, 0.3) is 0 Å². The summed E-state index contributed by atoms with van der Waals surface area (Å²) in [5.41, 5.74) is -0.836. The second-order valence-corrected chi connectivity index (χ2v) is 15.6. The Morgan fingerprint density at radius 3 is 1.89 bits per heavy atom. The van der Waals surface area contributed by atoms with E-state index in [0.717, 1.165) is 22.3 Å². The summed E-state index contributed by atoms with van der Waals surface area (Å²) >= 11 is 3.96. The number of hydrogen-bond acceptors (Lipinski definition) is 6. The Kier molecular flexibility index (Phi) is 7.44. The Bertz CT molecular complexity index is 1640. The zero-order valence-electron chi connectivity index (χ0n) is 26.7. The highest BCUT2D eigenvalue weighted by Gasteiger charge is 2.69. The lowest BCUT2D eigenvalue weighted by atomic mass is 9.55. The summed E-state index contributed by atoms with van der Waals surface area (Å²) in [6.45, 7) is 8.00. The average molecular weight is 682 g/mol. The number of aliphatic hydroxyl groups is 2. The van der Waals surface area contributed by atoms with Crippen molar-refractivity contribution >= 4 is 21.7 Å². The highest BCUT2D eigenvalue weighted by atomic mass is 79.9. The molecular weight excluding hydrogens is 640 g/mol. The largest absolute Gasteiger partial charge is 0.384 e. The summed E-state index contributed by atoms with van der Waals surface area (Å²) in [4.78, 5) is 13.8. The van der Waals surface area contributed by atoms with Gasteiger partial charge in [0, 0.05) is 24.2 Å². The van der Waals surface area contributed by atoms with Gasteiger partial charge in [0.2, 0.25) is 0 Å². The van der Waals surface area contributed by atoms with Crippen LogP contribution in [0.5, 0.6) is 0 Å². The van der Waals surface area contributed by atoms with Crippen molar-refractivity contribution in [3.8, 4) is 0 Å². The van der Waals surface area contributed by atoms with E-state index in [1.54, 1.807) is 6.92 Å². The van der Waals surface area contributed by atoms with Gasteiger partial charge in [0.05, 0.1) is 17.7 Å². The molecule has 1 aliphatic heterocycles. The molecule has 3 aliphatic carbocycles. The van der Waals surface area contributed by atoms with E-state index in [1.807, 2.05) is 81.4 Å². The van der Waals surface area contributed by atoms with Gasteiger partial charge in [-0.15, -0.1) is 0 Å². The molecule has 46 heavy (non-hydrogen) atoms. The van der Waals surface area contributed by atoms with E-state index in [-0.39, 0.29) is 30.6 Å². The first-order valence-corrected chi connectivity index (χ1v) is 17.0. The standard InChI is InChI=1S/C39H41BrN2O4/c1-25-20-32-36(44,34(25)43)23-27(21-31-33-35(3,4)41-42-37(33,40)22-26(2)38(31,32)45)24-46-39(28-14-8-5-9-15-28,29-16-10-6-11-17-29)30-18-12-7-13-19-30/h5-21,25-26,31,33,44-45H,22-24H2,1-4H3/t25?,26-,31+,33-,36-,37-,38-/m1/s1. The third-order valence-electron chi connectivity index (χ3n) is 11.0. The number of carbonyl (C=O) groups is 1. The molecule has 6 nitrogen and oxygen atoms in total. The molecule has 238 valence electrons. The number of hydrogen-bond donors (Lipinski definition) is 2. The molecule has 1 heterocycles. The van der Waals surface area contributed by atoms with Crippen LogP contribution in [0.15, 0.2) is 125 Å². The quantitative estimate of drug-likeness (QED) is 0.122. The van der Waals surface area contributed by atoms with Crippen LogP contribution in [0.25, 0.3) is 0 Å². The normalized spacial score (nSPS) is 34.6. The lowest BCUT2D eigenvalue weighted by Gasteiger charge is -2.54. The molecule has 1 fully saturated rings. The van der Waals surface area contributed by atoms with Gasteiger partial charge in [0.1, 0.15) is 10.0 Å². The number of carbonyl (C=O) groups excluding carboxylic acids is 1. The fourth-order valence-corrected chi connectivity index (χ4v) is 10.3. The van der Waals surface area contributed by atoms with E-state index in [4.69, 9.17) is 15.0 Å². The fourth-order valence-electron chi connectivity index (χ4n) is 8.93. The van der Waals surface area contributed by atoms with Gasteiger partial charge in [-0.1, -0.05) is 133 Å². The first kappa shape index (κ1) is 31.4. The summed E-state index contributed by atoms with van der Waals surface area (Å²) < 4.78 is 6.54. The lowest BCUT2D eigenvalue weighted by Crippen LogP contribution is -2.63. The van der Waals surface area contributed by atoms with Crippen LogP contribution in [0.4, 0.5) is 0 Å². The van der Waals surface area contributed by atoms with Crippen LogP contribution >= 0.6 is 15.9 Å². The zero-order valence-corrected chi connectivity index (χ0v) is 28.3. The Balaban J connectivity index is 1.40. The first-order valence-electron chi connectivity index (χ1n) is 16.2. The Morgan fingerprint density at radius 1 is 0.848 bits per heavy atom. The topological polar surface area (TPSA) is 91.5 Å². The van der Waals surface area contributed by atoms with E-state index in [9.17, 15) is 15.0 Å². The second-order valence-electron chi connectivity index (χ2n) is 14.3. The fraction of sp³-hybridized carbons (Fsp3) is 0.410. The smallest absolute Gasteiger partial charge is 0.175 e. The van der Waals surface area contributed by atoms with Crippen LogP contribution in [0.3, 0.4) is 0 Å². The van der Waals surface area contributed by atoms with Gasteiger partial charge < -0.3 is 14.9 Å². The van der Waals surface area contributed by atoms with Gasteiger partial charge in [0.15, 0.2) is 11.4 Å². The Hall–Kier alpha value is -3.23. The van der Waals surface area contributed by atoms with Crippen molar-refractivity contribution in [1.82, 2.24) is 0 Å². The average Bonchev–Trinajstić information content (AvgIpc) is 3.39. The molecular formula is C39H41BrN2O4. The molecule has 1 saturated carbocycles. The van der Waals surface area contributed by atoms with Gasteiger partial charge in [-0.3, -0.25) is 4.79 Å². The molecule has 7 heteroatoms. The number of halogens is 1. The molecule has 0 spiro atoms. The Labute approximate surface area is 279 Å². The van der Waals surface area contributed by atoms with E-state index < -0.39 is 38.6 Å². The van der Waals surface area contributed by atoms with E-state index in [1.165, 1.54) is 0 Å². The second kappa shape index (κ2) is 10.9. The molecule has 3 aromatic carbocycles. The van der Waals surface area contributed by atoms with Gasteiger partial charge in [-0.05, 0) is 54.0 Å². The Morgan fingerprint density at radius 2 is 1.37 bits per heavy atom. The molecule has 7 atom stereocenters. The maximum atomic E-state index is 13.8. The number of azo groups is 1. The summed E-state index contributed by atoms with van der Waals surface area (Å²) in [7, 11) is 0. The first-order chi connectivity index (χ1) is 21.9. The van der Waals surface area contributed by atoms with E-state index in [0.29, 0.717) is 12.0 Å². The number of alkyl halides is 1. The number of ether oxygens (including phenoxy) is 1. The molecule has 2 N–H and O–H groups in total. The third-order valence-corrected chi connectivity index (χ3v) is 11.9. The van der Waals surface area contributed by atoms with E-state index >= 15 is 0 Å². The van der Waals surface area contributed by atoms with Gasteiger partial charge in [-0.25, -0.2) is 0 Å². The number of nitrogens with zero attached hydrogens (tertiary/aromatic N) is 2. The molecule has 0 saturated heterocycles. The molecule has 0 amide bonds. The van der Waals surface area contributed by atoms with Gasteiger partial charge in [-0.2, -0.15) is 10.2 Å². The molecule has 7 rings (SSSR count). The molecule has 1 unspecified atom stereocenters. The lowest BCUT2D eigenvalue weighted by molar-refractivity contribution is -0.140. The van der Waals surface area contributed by atoms with Crippen molar-refractivity contribution in [3.05, 3.63) is 131 Å². The molecule has 0 bridgehead atoms.